The highest BCUT2D eigenvalue weighted by atomic mass is 28.3. The summed E-state index contributed by atoms with van der Waals surface area (Å²) in [5, 5.41) is 1.47. The van der Waals surface area contributed by atoms with Crippen LogP contribution in [0.1, 0.15) is 0 Å². The van der Waals surface area contributed by atoms with Gasteiger partial charge in [-0.2, -0.15) is 0 Å². The van der Waals surface area contributed by atoms with Crippen molar-refractivity contribution in [2.24, 2.45) is 0 Å². The van der Waals surface area contributed by atoms with Gasteiger partial charge in [-0.05, 0) is 36.4 Å². The van der Waals surface area contributed by atoms with E-state index in [-0.39, 0.29) is 0 Å². The summed E-state index contributed by atoms with van der Waals surface area (Å²) in [6.45, 7) is 7.13. The number of hydrogen-bond acceptors (Lipinski definition) is 2. The molecule has 0 aliphatic carbocycles. The van der Waals surface area contributed by atoms with E-state index >= 15 is 0 Å². The molecule has 4 rings (SSSR count). The topological polar surface area (TPSA) is 12.5 Å². The maximum atomic E-state index is 6.07. The third kappa shape index (κ3) is 2.51. The number of anilines is 3. The van der Waals surface area contributed by atoms with E-state index in [1.807, 2.05) is 24.3 Å². The molecule has 0 fully saturated rings. The fraction of sp³-hybridized carbons (Fsp3) is 0.143. The fourth-order valence-corrected chi connectivity index (χ4v) is 4.26. The average molecular weight is 331 g/mol. The molecule has 0 spiro atoms. The first kappa shape index (κ1) is 15.0. The van der Waals surface area contributed by atoms with Crippen molar-refractivity contribution >= 4 is 30.3 Å². The molecule has 1 aliphatic heterocycles. The van der Waals surface area contributed by atoms with E-state index in [2.05, 4.69) is 73.1 Å². The minimum atomic E-state index is -1.29. The zero-order valence-corrected chi connectivity index (χ0v) is 15.3. The van der Waals surface area contributed by atoms with Crippen LogP contribution < -0.4 is 14.8 Å². The van der Waals surface area contributed by atoms with Gasteiger partial charge < -0.3 is 9.64 Å². The lowest BCUT2D eigenvalue weighted by Gasteiger charge is -2.33. The van der Waals surface area contributed by atoms with Crippen LogP contribution in [0.25, 0.3) is 0 Å². The quantitative estimate of drug-likeness (QED) is 0.430. The molecule has 3 aromatic carbocycles. The van der Waals surface area contributed by atoms with Gasteiger partial charge >= 0.3 is 0 Å². The van der Waals surface area contributed by atoms with Crippen molar-refractivity contribution in [2.45, 2.75) is 19.6 Å². The highest BCUT2D eigenvalue weighted by Gasteiger charge is 2.25. The van der Waals surface area contributed by atoms with Crippen molar-refractivity contribution < 1.29 is 4.74 Å². The normalized spacial score (nSPS) is 13.0. The number of fused-ring (bicyclic) bond motifs is 2. The Morgan fingerprint density at radius 2 is 1.17 bits per heavy atom. The number of rotatable bonds is 2. The van der Waals surface area contributed by atoms with Gasteiger partial charge in [0.25, 0.3) is 0 Å². The Labute approximate surface area is 144 Å². The molecule has 3 aromatic rings. The smallest absolute Gasteiger partial charge is 0.151 e. The standard InChI is InChI=1S/C21H21NOSi/c1-24(2,3)17-14-12-16(13-15-17)22-18-8-4-6-10-20(18)23-21-11-7-5-9-19(21)22/h4-15H,1-3H3. The lowest BCUT2D eigenvalue weighted by atomic mass is 10.1. The first-order chi connectivity index (χ1) is 11.5. The number of nitrogens with zero attached hydrogens (tertiary/aromatic N) is 1. The molecular formula is C21H21NOSi. The molecule has 0 amide bonds. The maximum absolute atomic E-state index is 6.07. The van der Waals surface area contributed by atoms with Crippen LogP contribution in [-0.2, 0) is 0 Å². The fourth-order valence-electron chi connectivity index (χ4n) is 3.09. The van der Waals surface area contributed by atoms with Crippen molar-refractivity contribution in [3.05, 3.63) is 72.8 Å². The van der Waals surface area contributed by atoms with Crippen LogP contribution in [0.2, 0.25) is 19.6 Å². The third-order valence-electron chi connectivity index (χ3n) is 4.42. The number of para-hydroxylation sites is 4. The van der Waals surface area contributed by atoms with Crippen molar-refractivity contribution in [2.75, 3.05) is 4.90 Å². The Balaban J connectivity index is 1.86. The van der Waals surface area contributed by atoms with E-state index < -0.39 is 8.07 Å². The van der Waals surface area contributed by atoms with E-state index in [0.29, 0.717) is 0 Å². The van der Waals surface area contributed by atoms with Gasteiger partial charge in [-0.15, -0.1) is 0 Å². The van der Waals surface area contributed by atoms with Crippen LogP contribution in [0.15, 0.2) is 72.8 Å². The Kier molecular flexibility index (Phi) is 3.46. The maximum Gasteiger partial charge on any atom is 0.151 e. The molecule has 1 aliphatic rings. The van der Waals surface area contributed by atoms with Crippen molar-refractivity contribution in [3.8, 4) is 11.5 Å². The first-order valence-corrected chi connectivity index (χ1v) is 11.8. The van der Waals surface area contributed by atoms with E-state index in [1.165, 1.54) is 10.9 Å². The second-order valence-electron chi connectivity index (χ2n) is 7.17. The first-order valence-electron chi connectivity index (χ1n) is 8.31. The molecular weight excluding hydrogens is 310 g/mol. The summed E-state index contributed by atoms with van der Waals surface area (Å²) in [5.41, 5.74) is 3.33. The van der Waals surface area contributed by atoms with E-state index in [9.17, 15) is 0 Å². The van der Waals surface area contributed by atoms with Crippen molar-refractivity contribution in [1.82, 2.24) is 0 Å². The predicted octanol–water partition coefficient (Wildman–Crippen LogP) is 5.81. The van der Waals surface area contributed by atoms with E-state index in [4.69, 9.17) is 4.74 Å². The van der Waals surface area contributed by atoms with E-state index in [0.717, 1.165) is 22.9 Å². The minimum absolute atomic E-state index is 0.894. The third-order valence-corrected chi connectivity index (χ3v) is 6.49. The zero-order valence-electron chi connectivity index (χ0n) is 14.3. The van der Waals surface area contributed by atoms with Gasteiger partial charge in [0.1, 0.15) is 0 Å². The molecule has 0 bridgehead atoms. The molecule has 0 unspecified atom stereocenters. The molecule has 24 heavy (non-hydrogen) atoms. The van der Waals surface area contributed by atoms with E-state index in [1.54, 1.807) is 0 Å². The monoisotopic (exact) mass is 331 g/mol. The Bertz CT molecular complexity index is 835. The van der Waals surface area contributed by atoms with Crippen LogP contribution in [0.3, 0.4) is 0 Å². The van der Waals surface area contributed by atoms with Crippen LogP contribution in [0.5, 0.6) is 11.5 Å². The molecule has 0 saturated carbocycles. The minimum Gasteiger partial charge on any atom is -0.453 e. The Morgan fingerprint density at radius 3 is 1.67 bits per heavy atom. The molecule has 0 atom stereocenters. The van der Waals surface area contributed by atoms with Crippen LogP contribution in [0, 0.1) is 0 Å². The SMILES string of the molecule is C[Si](C)(C)c1ccc(N2c3ccccc3Oc3ccccc32)cc1. The lowest BCUT2D eigenvalue weighted by Crippen LogP contribution is -2.37. The van der Waals surface area contributed by atoms with Gasteiger partial charge in [0.15, 0.2) is 11.5 Å². The van der Waals surface area contributed by atoms with Crippen LogP contribution >= 0.6 is 0 Å². The Hall–Kier alpha value is -2.52. The summed E-state index contributed by atoms with van der Waals surface area (Å²) in [5.74, 6) is 1.79. The van der Waals surface area contributed by atoms with Crippen molar-refractivity contribution in [1.29, 1.82) is 0 Å². The van der Waals surface area contributed by atoms with Gasteiger partial charge in [-0.25, -0.2) is 0 Å². The highest BCUT2D eigenvalue weighted by molar-refractivity contribution is 6.88. The highest BCUT2D eigenvalue weighted by Crippen LogP contribution is 2.49. The van der Waals surface area contributed by atoms with Crippen LogP contribution in [-0.4, -0.2) is 8.07 Å². The predicted molar refractivity (Wildman–Crippen MR) is 104 cm³/mol. The molecule has 2 nitrogen and oxygen atoms in total. The molecule has 0 saturated heterocycles. The molecule has 1 heterocycles. The Morgan fingerprint density at radius 1 is 0.667 bits per heavy atom. The summed E-state index contributed by atoms with van der Waals surface area (Å²) in [4.78, 5) is 2.28. The van der Waals surface area contributed by atoms with Gasteiger partial charge in [0.2, 0.25) is 0 Å². The number of hydrogen-bond donors (Lipinski definition) is 0. The van der Waals surface area contributed by atoms with Crippen LogP contribution in [0.4, 0.5) is 17.1 Å². The zero-order chi connectivity index (χ0) is 16.7. The van der Waals surface area contributed by atoms with Crippen molar-refractivity contribution in [3.63, 3.8) is 0 Å². The van der Waals surface area contributed by atoms with Gasteiger partial charge in [-0.3, -0.25) is 0 Å². The summed E-state index contributed by atoms with van der Waals surface area (Å²) in [7, 11) is -1.29. The van der Waals surface area contributed by atoms with Gasteiger partial charge in [0, 0.05) is 5.69 Å². The number of benzene rings is 3. The summed E-state index contributed by atoms with van der Waals surface area (Å²) < 4.78 is 6.07. The second kappa shape index (κ2) is 5.53. The summed E-state index contributed by atoms with van der Waals surface area (Å²) in [6.07, 6.45) is 0. The lowest BCUT2D eigenvalue weighted by molar-refractivity contribution is 0.477. The largest absolute Gasteiger partial charge is 0.453 e. The molecule has 0 aromatic heterocycles. The number of ether oxygens (including phenoxy) is 1. The average Bonchev–Trinajstić information content (AvgIpc) is 2.59. The molecule has 0 N–H and O–H groups in total. The molecule has 120 valence electrons. The van der Waals surface area contributed by atoms with Gasteiger partial charge in [-0.1, -0.05) is 61.2 Å². The summed E-state index contributed by atoms with van der Waals surface area (Å²) >= 11 is 0. The molecule has 0 radical (unpaired) electrons. The van der Waals surface area contributed by atoms with Gasteiger partial charge in [0.05, 0.1) is 19.4 Å². The molecule has 3 heteroatoms. The second-order valence-corrected chi connectivity index (χ2v) is 12.2. The summed E-state index contributed by atoms with van der Waals surface area (Å²) in [6, 6.07) is 25.4.